The van der Waals surface area contributed by atoms with Gasteiger partial charge in [-0.15, -0.1) is 11.3 Å². The van der Waals surface area contributed by atoms with Crippen LogP contribution in [0, 0.1) is 5.92 Å². The lowest BCUT2D eigenvalue weighted by Gasteiger charge is -2.08. The van der Waals surface area contributed by atoms with Crippen molar-refractivity contribution in [3.63, 3.8) is 0 Å². The molecule has 1 heterocycles. The Bertz CT molecular complexity index is 313. The van der Waals surface area contributed by atoms with Gasteiger partial charge in [0.1, 0.15) is 0 Å². The smallest absolute Gasteiger partial charge is 0.0989 e. The summed E-state index contributed by atoms with van der Waals surface area (Å²) in [6.07, 6.45) is 0. The summed E-state index contributed by atoms with van der Waals surface area (Å²) in [4.78, 5) is 0. The van der Waals surface area contributed by atoms with Crippen LogP contribution in [-0.2, 0) is 6.54 Å². The van der Waals surface area contributed by atoms with E-state index in [0.717, 1.165) is 40.4 Å². The van der Waals surface area contributed by atoms with Gasteiger partial charge >= 0.3 is 0 Å². The largest absolute Gasteiger partial charge is 0.315 e. The zero-order chi connectivity index (χ0) is 12.0. The molecule has 2 nitrogen and oxygen atoms in total. The molecule has 0 fully saturated rings. The molecule has 1 aromatic heterocycles. The average Bonchev–Trinajstić information content (AvgIpc) is 2.50. The maximum Gasteiger partial charge on any atom is 0.0989 e. The highest BCUT2D eigenvalue weighted by atomic mass is 35.5. The van der Waals surface area contributed by atoms with Gasteiger partial charge in [-0.05, 0) is 24.1 Å². The quantitative estimate of drug-likeness (QED) is 0.749. The minimum absolute atomic E-state index is 0.699. The molecular formula is C11H18Cl2N2S. The fraction of sp³-hybridized carbons (Fsp3) is 0.636. The van der Waals surface area contributed by atoms with Crippen molar-refractivity contribution in [1.29, 1.82) is 0 Å². The van der Waals surface area contributed by atoms with Crippen LogP contribution in [0.4, 0.5) is 0 Å². The van der Waals surface area contributed by atoms with Crippen molar-refractivity contribution < 1.29 is 0 Å². The van der Waals surface area contributed by atoms with Gasteiger partial charge < -0.3 is 10.6 Å². The predicted molar refractivity (Wildman–Crippen MR) is 73.8 cm³/mol. The Kier molecular flexibility index (Phi) is 6.70. The first-order chi connectivity index (χ1) is 7.59. The van der Waals surface area contributed by atoms with Crippen LogP contribution in [0.2, 0.25) is 8.67 Å². The molecule has 92 valence electrons. The Balaban J connectivity index is 2.09. The lowest BCUT2D eigenvalue weighted by molar-refractivity contribution is 0.535. The van der Waals surface area contributed by atoms with E-state index in [1.807, 2.05) is 6.07 Å². The van der Waals surface area contributed by atoms with Crippen molar-refractivity contribution in [2.75, 3.05) is 19.6 Å². The third-order valence-corrected chi connectivity index (χ3v) is 3.64. The second-order valence-electron chi connectivity index (χ2n) is 4.12. The Morgan fingerprint density at radius 3 is 2.50 bits per heavy atom. The molecule has 0 aromatic carbocycles. The molecule has 2 N–H and O–H groups in total. The highest BCUT2D eigenvalue weighted by Gasteiger charge is 2.04. The van der Waals surface area contributed by atoms with E-state index in [0.29, 0.717) is 5.92 Å². The van der Waals surface area contributed by atoms with Gasteiger partial charge in [0, 0.05) is 19.6 Å². The lowest BCUT2D eigenvalue weighted by Crippen LogP contribution is -2.29. The summed E-state index contributed by atoms with van der Waals surface area (Å²) < 4.78 is 1.53. The number of halogens is 2. The second kappa shape index (κ2) is 7.51. The van der Waals surface area contributed by atoms with Gasteiger partial charge in [-0.25, -0.2) is 0 Å². The van der Waals surface area contributed by atoms with Gasteiger partial charge in [0.2, 0.25) is 0 Å². The zero-order valence-electron chi connectivity index (χ0n) is 9.65. The Labute approximate surface area is 111 Å². The Morgan fingerprint density at radius 2 is 1.94 bits per heavy atom. The summed E-state index contributed by atoms with van der Waals surface area (Å²) in [6.45, 7) is 8.17. The highest BCUT2D eigenvalue weighted by Crippen LogP contribution is 2.30. The summed E-state index contributed by atoms with van der Waals surface area (Å²) >= 11 is 13.3. The standard InChI is InChI=1S/C11H18Cl2N2S/c1-8(2)6-14-3-4-15-7-9-5-10(12)16-11(9)13/h5,8,14-15H,3-4,6-7H2,1-2H3. The van der Waals surface area contributed by atoms with E-state index < -0.39 is 0 Å². The first-order valence-electron chi connectivity index (χ1n) is 5.44. The maximum atomic E-state index is 6.01. The van der Waals surface area contributed by atoms with Crippen LogP contribution in [0.3, 0.4) is 0 Å². The minimum Gasteiger partial charge on any atom is -0.315 e. The fourth-order valence-corrected chi connectivity index (χ4v) is 2.77. The third kappa shape index (κ3) is 5.51. The molecule has 0 saturated carbocycles. The van der Waals surface area contributed by atoms with Gasteiger partial charge in [-0.1, -0.05) is 37.0 Å². The summed E-state index contributed by atoms with van der Waals surface area (Å²) in [5, 5.41) is 6.70. The first kappa shape index (κ1) is 14.3. The first-order valence-corrected chi connectivity index (χ1v) is 7.02. The summed E-state index contributed by atoms with van der Waals surface area (Å²) in [5.41, 5.74) is 1.08. The van der Waals surface area contributed by atoms with Crippen molar-refractivity contribution in [1.82, 2.24) is 10.6 Å². The number of hydrogen-bond donors (Lipinski definition) is 2. The van der Waals surface area contributed by atoms with Crippen molar-refractivity contribution >= 4 is 34.5 Å². The van der Waals surface area contributed by atoms with Crippen molar-refractivity contribution in [3.05, 3.63) is 20.3 Å². The lowest BCUT2D eigenvalue weighted by atomic mass is 10.2. The summed E-state index contributed by atoms with van der Waals surface area (Å²) in [6, 6.07) is 1.92. The van der Waals surface area contributed by atoms with Crippen LogP contribution in [0.5, 0.6) is 0 Å². The molecule has 0 aliphatic heterocycles. The molecule has 0 aliphatic rings. The van der Waals surface area contributed by atoms with Crippen LogP contribution in [0.15, 0.2) is 6.07 Å². The van der Waals surface area contributed by atoms with Crippen molar-refractivity contribution in [2.24, 2.45) is 5.92 Å². The van der Waals surface area contributed by atoms with Gasteiger partial charge in [0.05, 0.1) is 8.67 Å². The molecule has 1 rings (SSSR count). The van der Waals surface area contributed by atoms with Crippen LogP contribution >= 0.6 is 34.5 Å². The van der Waals surface area contributed by atoms with Gasteiger partial charge in [-0.2, -0.15) is 0 Å². The highest BCUT2D eigenvalue weighted by molar-refractivity contribution is 7.20. The van der Waals surface area contributed by atoms with Crippen molar-refractivity contribution in [3.8, 4) is 0 Å². The molecule has 5 heteroatoms. The van der Waals surface area contributed by atoms with E-state index in [1.54, 1.807) is 0 Å². The average molecular weight is 281 g/mol. The third-order valence-electron chi connectivity index (χ3n) is 2.07. The number of hydrogen-bond acceptors (Lipinski definition) is 3. The molecular weight excluding hydrogens is 263 g/mol. The van der Waals surface area contributed by atoms with E-state index in [1.165, 1.54) is 11.3 Å². The second-order valence-corrected chi connectivity index (χ2v) is 6.41. The van der Waals surface area contributed by atoms with Crippen LogP contribution < -0.4 is 10.6 Å². The molecule has 0 atom stereocenters. The number of nitrogens with one attached hydrogen (secondary N) is 2. The molecule has 0 unspecified atom stereocenters. The molecule has 0 saturated heterocycles. The van der Waals surface area contributed by atoms with E-state index in [2.05, 4.69) is 24.5 Å². The topological polar surface area (TPSA) is 24.1 Å². The van der Waals surface area contributed by atoms with Gasteiger partial charge in [-0.3, -0.25) is 0 Å². The SMILES string of the molecule is CC(C)CNCCNCc1cc(Cl)sc1Cl. The normalized spacial score (nSPS) is 11.3. The molecule has 0 bridgehead atoms. The molecule has 1 aromatic rings. The number of rotatable bonds is 7. The monoisotopic (exact) mass is 280 g/mol. The molecule has 16 heavy (non-hydrogen) atoms. The molecule has 0 amide bonds. The Hall–Kier alpha value is 0.200. The number of thiophene rings is 1. The van der Waals surface area contributed by atoms with Crippen LogP contribution in [0.25, 0.3) is 0 Å². The van der Waals surface area contributed by atoms with E-state index in [4.69, 9.17) is 23.2 Å². The molecule has 0 radical (unpaired) electrons. The van der Waals surface area contributed by atoms with Gasteiger partial charge in [0.15, 0.2) is 0 Å². The summed E-state index contributed by atoms with van der Waals surface area (Å²) in [7, 11) is 0. The van der Waals surface area contributed by atoms with Crippen LogP contribution in [-0.4, -0.2) is 19.6 Å². The van der Waals surface area contributed by atoms with Crippen LogP contribution in [0.1, 0.15) is 19.4 Å². The fourth-order valence-electron chi connectivity index (χ4n) is 1.29. The van der Waals surface area contributed by atoms with E-state index in [9.17, 15) is 0 Å². The Morgan fingerprint density at radius 1 is 1.25 bits per heavy atom. The van der Waals surface area contributed by atoms with Gasteiger partial charge in [0.25, 0.3) is 0 Å². The maximum absolute atomic E-state index is 6.01. The zero-order valence-corrected chi connectivity index (χ0v) is 12.0. The summed E-state index contributed by atoms with van der Waals surface area (Å²) in [5.74, 6) is 0.699. The van der Waals surface area contributed by atoms with E-state index >= 15 is 0 Å². The van der Waals surface area contributed by atoms with E-state index in [-0.39, 0.29) is 0 Å². The molecule has 0 aliphatic carbocycles. The predicted octanol–water partition coefficient (Wildman–Crippen LogP) is 3.39. The van der Waals surface area contributed by atoms with Crippen molar-refractivity contribution in [2.45, 2.75) is 20.4 Å². The minimum atomic E-state index is 0.699. The molecule has 0 spiro atoms.